The summed E-state index contributed by atoms with van der Waals surface area (Å²) in [5.74, 6) is -0.0792. The van der Waals surface area contributed by atoms with Crippen LogP contribution >= 0.6 is 0 Å². The number of aromatic nitrogens is 2. The molecule has 1 atom stereocenters. The maximum Gasteiger partial charge on any atom is 0.255 e. The summed E-state index contributed by atoms with van der Waals surface area (Å²) < 4.78 is 24.9. The molecular weight excluding hydrogens is 326 g/mol. The molecule has 0 aliphatic carbocycles. The Morgan fingerprint density at radius 3 is 2.62 bits per heavy atom. The molecule has 0 radical (unpaired) electrons. The molecule has 0 spiro atoms. The van der Waals surface area contributed by atoms with E-state index in [1.165, 1.54) is 0 Å². The molecule has 1 aromatic carbocycles. The highest BCUT2D eigenvalue weighted by molar-refractivity contribution is 7.91. The van der Waals surface area contributed by atoms with Crippen LogP contribution in [0.3, 0.4) is 0 Å². The quantitative estimate of drug-likeness (QED) is 0.908. The van der Waals surface area contributed by atoms with Crippen LogP contribution in [0.2, 0.25) is 0 Å². The Morgan fingerprint density at radius 1 is 1.29 bits per heavy atom. The Kier molecular flexibility index (Phi) is 4.45. The second-order valence-electron chi connectivity index (χ2n) is 6.26. The van der Waals surface area contributed by atoms with Crippen molar-refractivity contribution in [1.82, 2.24) is 15.1 Å². The van der Waals surface area contributed by atoms with Crippen molar-refractivity contribution in [3.05, 3.63) is 52.8 Å². The first-order chi connectivity index (χ1) is 11.4. The van der Waals surface area contributed by atoms with Gasteiger partial charge in [-0.3, -0.25) is 9.48 Å². The van der Waals surface area contributed by atoms with Gasteiger partial charge in [-0.15, -0.1) is 0 Å². The van der Waals surface area contributed by atoms with E-state index in [-0.39, 0.29) is 23.5 Å². The smallest absolute Gasteiger partial charge is 0.255 e. The zero-order valence-corrected chi connectivity index (χ0v) is 14.6. The lowest BCUT2D eigenvalue weighted by molar-refractivity contribution is 0.0940. The molecule has 1 aliphatic heterocycles. The molecule has 1 amide bonds. The molecule has 1 fully saturated rings. The van der Waals surface area contributed by atoms with Crippen molar-refractivity contribution >= 4 is 15.7 Å². The molecule has 1 aromatic heterocycles. The van der Waals surface area contributed by atoms with Gasteiger partial charge in [-0.05, 0) is 25.8 Å². The van der Waals surface area contributed by atoms with E-state index in [0.717, 1.165) is 11.3 Å². The molecule has 0 saturated carbocycles. The summed E-state index contributed by atoms with van der Waals surface area (Å²) in [5, 5.41) is 7.31. The van der Waals surface area contributed by atoms with Crippen LogP contribution in [0.1, 0.15) is 33.7 Å². The second kappa shape index (κ2) is 6.39. The van der Waals surface area contributed by atoms with Crippen molar-refractivity contribution in [3.63, 3.8) is 0 Å². The summed E-state index contributed by atoms with van der Waals surface area (Å²) >= 11 is 0. The van der Waals surface area contributed by atoms with E-state index in [2.05, 4.69) is 10.4 Å². The van der Waals surface area contributed by atoms with E-state index in [1.807, 2.05) is 41.9 Å². The maximum atomic E-state index is 12.6. The SMILES string of the molecule is Cc1nn(Cc2ccccc2)c(C)c1C(=O)N[C@H]1CCS(=O)(=O)C1. The lowest BCUT2D eigenvalue weighted by atomic mass is 10.1. The second-order valence-corrected chi connectivity index (χ2v) is 8.49. The van der Waals surface area contributed by atoms with Gasteiger partial charge in [0.05, 0.1) is 29.3 Å². The highest BCUT2D eigenvalue weighted by Gasteiger charge is 2.30. The molecule has 0 unspecified atom stereocenters. The molecular formula is C17H21N3O3S. The monoisotopic (exact) mass is 347 g/mol. The van der Waals surface area contributed by atoms with Gasteiger partial charge in [-0.2, -0.15) is 5.10 Å². The number of hydrogen-bond acceptors (Lipinski definition) is 4. The minimum absolute atomic E-state index is 0.0228. The van der Waals surface area contributed by atoms with Crippen LogP contribution in [-0.4, -0.2) is 41.7 Å². The first-order valence-electron chi connectivity index (χ1n) is 7.95. The minimum Gasteiger partial charge on any atom is -0.348 e. The van der Waals surface area contributed by atoms with Crippen molar-refractivity contribution in [1.29, 1.82) is 0 Å². The summed E-state index contributed by atoms with van der Waals surface area (Å²) in [4.78, 5) is 12.6. The third-order valence-corrected chi connectivity index (χ3v) is 6.12. The molecule has 24 heavy (non-hydrogen) atoms. The fourth-order valence-corrected chi connectivity index (χ4v) is 4.78. The van der Waals surface area contributed by atoms with Gasteiger partial charge in [0.15, 0.2) is 9.84 Å². The summed E-state index contributed by atoms with van der Waals surface area (Å²) in [7, 11) is -3.01. The number of nitrogens with one attached hydrogen (secondary N) is 1. The van der Waals surface area contributed by atoms with Crippen molar-refractivity contribution in [2.45, 2.75) is 32.9 Å². The highest BCUT2D eigenvalue weighted by atomic mass is 32.2. The van der Waals surface area contributed by atoms with Crippen LogP contribution in [0.4, 0.5) is 0 Å². The third kappa shape index (κ3) is 3.51. The normalized spacial score (nSPS) is 19.3. The number of aryl methyl sites for hydroxylation is 1. The molecule has 7 heteroatoms. The number of carbonyl (C=O) groups is 1. The standard InChI is InChI=1S/C17H21N3O3S/c1-12-16(17(21)18-15-8-9-24(22,23)11-15)13(2)20(19-12)10-14-6-4-3-5-7-14/h3-7,15H,8-11H2,1-2H3,(H,18,21)/t15-/m0/s1. The summed E-state index contributed by atoms with van der Waals surface area (Å²) in [5.41, 5.74) is 3.09. The predicted octanol–water partition coefficient (Wildman–Crippen LogP) is 1.47. The number of amides is 1. The van der Waals surface area contributed by atoms with Crippen LogP contribution in [0, 0.1) is 13.8 Å². The number of sulfone groups is 1. The molecule has 128 valence electrons. The topological polar surface area (TPSA) is 81.1 Å². The van der Waals surface area contributed by atoms with Crippen LogP contribution in [0.25, 0.3) is 0 Å². The lowest BCUT2D eigenvalue weighted by Gasteiger charge is -2.11. The van der Waals surface area contributed by atoms with Crippen molar-refractivity contribution < 1.29 is 13.2 Å². The molecule has 6 nitrogen and oxygen atoms in total. The van der Waals surface area contributed by atoms with Crippen LogP contribution < -0.4 is 5.32 Å². The molecule has 1 aliphatic rings. The average Bonchev–Trinajstić information content (AvgIpc) is 2.99. The van der Waals surface area contributed by atoms with Gasteiger partial charge in [0.2, 0.25) is 0 Å². The van der Waals surface area contributed by atoms with Gasteiger partial charge >= 0.3 is 0 Å². The first-order valence-corrected chi connectivity index (χ1v) is 9.77. The third-order valence-electron chi connectivity index (χ3n) is 4.35. The van der Waals surface area contributed by atoms with Gasteiger partial charge in [0.1, 0.15) is 0 Å². The van der Waals surface area contributed by atoms with Gasteiger partial charge in [-0.25, -0.2) is 8.42 Å². The van der Waals surface area contributed by atoms with Gasteiger partial charge in [-0.1, -0.05) is 30.3 Å². The Hall–Kier alpha value is -2.15. The Balaban J connectivity index is 1.77. The summed E-state index contributed by atoms with van der Waals surface area (Å²) in [6, 6.07) is 9.61. The van der Waals surface area contributed by atoms with E-state index < -0.39 is 9.84 Å². The average molecular weight is 347 g/mol. The van der Waals surface area contributed by atoms with E-state index >= 15 is 0 Å². The lowest BCUT2D eigenvalue weighted by Crippen LogP contribution is -2.36. The van der Waals surface area contributed by atoms with E-state index in [0.29, 0.717) is 24.2 Å². The molecule has 1 N–H and O–H groups in total. The minimum atomic E-state index is -3.01. The zero-order valence-electron chi connectivity index (χ0n) is 13.8. The summed E-state index contributed by atoms with van der Waals surface area (Å²) in [6.07, 6.45) is 0.477. The largest absolute Gasteiger partial charge is 0.348 e. The van der Waals surface area contributed by atoms with Gasteiger partial charge in [0, 0.05) is 11.7 Å². The first kappa shape index (κ1) is 16.7. The Labute approximate surface area is 141 Å². The maximum absolute atomic E-state index is 12.6. The van der Waals surface area contributed by atoms with Crippen molar-refractivity contribution in [2.24, 2.45) is 0 Å². The number of hydrogen-bond donors (Lipinski definition) is 1. The zero-order chi connectivity index (χ0) is 17.3. The van der Waals surface area contributed by atoms with Crippen LogP contribution in [-0.2, 0) is 16.4 Å². The molecule has 2 heterocycles. The Bertz CT molecular complexity index is 857. The van der Waals surface area contributed by atoms with Crippen LogP contribution in [0.15, 0.2) is 30.3 Å². The molecule has 1 saturated heterocycles. The van der Waals surface area contributed by atoms with Crippen molar-refractivity contribution in [3.8, 4) is 0 Å². The Morgan fingerprint density at radius 2 is 2.00 bits per heavy atom. The fraction of sp³-hybridized carbons (Fsp3) is 0.412. The van der Waals surface area contributed by atoms with E-state index in [9.17, 15) is 13.2 Å². The fourth-order valence-electron chi connectivity index (χ4n) is 3.10. The van der Waals surface area contributed by atoms with E-state index in [1.54, 1.807) is 6.92 Å². The van der Waals surface area contributed by atoms with Crippen LogP contribution in [0.5, 0.6) is 0 Å². The van der Waals surface area contributed by atoms with Crippen molar-refractivity contribution in [2.75, 3.05) is 11.5 Å². The number of nitrogens with zero attached hydrogens (tertiary/aromatic N) is 2. The highest BCUT2D eigenvalue weighted by Crippen LogP contribution is 2.17. The number of benzene rings is 1. The molecule has 2 aromatic rings. The molecule has 3 rings (SSSR count). The van der Waals surface area contributed by atoms with Gasteiger partial charge in [0.25, 0.3) is 5.91 Å². The molecule has 0 bridgehead atoms. The number of carbonyl (C=O) groups excluding carboxylic acids is 1. The predicted molar refractivity (Wildman–Crippen MR) is 91.8 cm³/mol. The number of rotatable bonds is 4. The van der Waals surface area contributed by atoms with E-state index in [4.69, 9.17) is 0 Å². The summed E-state index contributed by atoms with van der Waals surface area (Å²) in [6.45, 7) is 4.26. The van der Waals surface area contributed by atoms with Gasteiger partial charge < -0.3 is 5.32 Å².